The van der Waals surface area contributed by atoms with Crippen LogP contribution in [0.4, 0.5) is 0 Å². The third-order valence-corrected chi connectivity index (χ3v) is 5.29. The molecular weight excluding hydrogens is 420 g/mol. The number of furan rings is 1. The van der Waals surface area contributed by atoms with E-state index in [0.29, 0.717) is 16.5 Å². The Balaban J connectivity index is 1.64. The number of benzene rings is 1. The molecule has 1 N–H and O–H groups in total. The largest absolute Gasteiger partial charge is 0.482 e. The van der Waals surface area contributed by atoms with E-state index in [1.807, 2.05) is 0 Å². The normalized spacial score (nSPS) is 18.8. The first-order chi connectivity index (χ1) is 15.1. The molecular formula is C23H22O9. The molecule has 9 nitrogen and oxygen atoms in total. The van der Waals surface area contributed by atoms with Crippen LogP contribution in [0.15, 0.2) is 55.8 Å². The molecule has 1 aliphatic heterocycles. The van der Waals surface area contributed by atoms with Gasteiger partial charge in [-0.2, -0.15) is 0 Å². The SMILES string of the molecule is CC(=O)OC(COc1c2occc2cc2ccc(=O)oc12)C(C)(O)CC1C=C(C)C(=O)O1. The van der Waals surface area contributed by atoms with Crippen molar-refractivity contribution in [2.24, 2.45) is 0 Å². The molecule has 3 heterocycles. The van der Waals surface area contributed by atoms with Crippen LogP contribution in [0.5, 0.6) is 5.75 Å². The monoisotopic (exact) mass is 442 g/mol. The molecule has 168 valence electrons. The van der Waals surface area contributed by atoms with Crippen molar-refractivity contribution in [3.8, 4) is 5.75 Å². The van der Waals surface area contributed by atoms with E-state index in [9.17, 15) is 19.5 Å². The molecule has 0 saturated heterocycles. The maximum absolute atomic E-state index is 11.8. The third-order valence-electron chi connectivity index (χ3n) is 5.29. The number of fused-ring (bicyclic) bond motifs is 2. The van der Waals surface area contributed by atoms with Gasteiger partial charge in [0.15, 0.2) is 17.3 Å². The molecule has 0 fully saturated rings. The fourth-order valence-corrected chi connectivity index (χ4v) is 3.69. The second kappa shape index (κ2) is 8.16. The summed E-state index contributed by atoms with van der Waals surface area (Å²) in [6.45, 7) is 4.02. The van der Waals surface area contributed by atoms with Crippen molar-refractivity contribution in [3.05, 3.63) is 52.6 Å². The van der Waals surface area contributed by atoms with Crippen molar-refractivity contribution in [3.63, 3.8) is 0 Å². The molecule has 3 atom stereocenters. The van der Waals surface area contributed by atoms with Crippen molar-refractivity contribution in [2.75, 3.05) is 6.61 Å². The summed E-state index contributed by atoms with van der Waals surface area (Å²) >= 11 is 0. The van der Waals surface area contributed by atoms with E-state index in [4.69, 9.17) is 23.0 Å². The number of carbonyl (C=O) groups is 2. The Bertz CT molecular complexity index is 1280. The summed E-state index contributed by atoms with van der Waals surface area (Å²) in [4.78, 5) is 35.2. The molecule has 4 rings (SSSR count). The average molecular weight is 442 g/mol. The van der Waals surface area contributed by atoms with E-state index in [2.05, 4.69) is 0 Å². The van der Waals surface area contributed by atoms with Gasteiger partial charge in [0.1, 0.15) is 18.3 Å². The smallest absolute Gasteiger partial charge is 0.336 e. The summed E-state index contributed by atoms with van der Waals surface area (Å²) in [5.41, 5.74) is -1.22. The first kappa shape index (κ1) is 21.6. The zero-order valence-corrected chi connectivity index (χ0v) is 17.7. The lowest BCUT2D eigenvalue weighted by Gasteiger charge is -2.33. The molecule has 2 aromatic heterocycles. The van der Waals surface area contributed by atoms with E-state index >= 15 is 0 Å². The van der Waals surface area contributed by atoms with E-state index in [1.54, 1.807) is 31.2 Å². The third kappa shape index (κ3) is 4.24. The van der Waals surface area contributed by atoms with Gasteiger partial charge in [0.05, 0.1) is 6.26 Å². The Kier molecular flexibility index (Phi) is 5.52. The highest BCUT2D eigenvalue weighted by Gasteiger charge is 2.40. The maximum atomic E-state index is 11.8. The maximum Gasteiger partial charge on any atom is 0.336 e. The van der Waals surface area contributed by atoms with Crippen LogP contribution >= 0.6 is 0 Å². The number of carbonyl (C=O) groups excluding carboxylic acids is 2. The van der Waals surface area contributed by atoms with Gasteiger partial charge >= 0.3 is 17.6 Å². The zero-order chi connectivity index (χ0) is 23.0. The molecule has 0 bridgehead atoms. The molecule has 0 aliphatic carbocycles. The van der Waals surface area contributed by atoms with Crippen LogP contribution in [0.2, 0.25) is 0 Å². The molecule has 0 spiro atoms. The first-order valence-corrected chi connectivity index (χ1v) is 10.00. The number of hydrogen-bond donors (Lipinski definition) is 1. The summed E-state index contributed by atoms with van der Waals surface area (Å²) in [6.07, 6.45) is 1.27. The quantitative estimate of drug-likeness (QED) is 0.434. The topological polar surface area (TPSA) is 125 Å². The van der Waals surface area contributed by atoms with Crippen LogP contribution in [0.3, 0.4) is 0 Å². The van der Waals surface area contributed by atoms with Crippen LogP contribution < -0.4 is 10.4 Å². The number of aliphatic hydroxyl groups is 1. The van der Waals surface area contributed by atoms with Gasteiger partial charge in [-0.25, -0.2) is 9.59 Å². The predicted molar refractivity (Wildman–Crippen MR) is 112 cm³/mol. The lowest BCUT2D eigenvalue weighted by atomic mass is 9.92. The zero-order valence-electron chi connectivity index (χ0n) is 17.7. The summed E-state index contributed by atoms with van der Waals surface area (Å²) in [6, 6.07) is 6.41. The van der Waals surface area contributed by atoms with E-state index in [0.717, 1.165) is 5.39 Å². The van der Waals surface area contributed by atoms with E-state index < -0.39 is 35.4 Å². The average Bonchev–Trinajstić information content (AvgIpc) is 3.29. The Morgan fingerprint density at radius 2 is 1.97 bits per heavy atom. The lowest BCUT2D eigenvalue weighted by molar-refractivity contribution is -0.169. The second-order valence-corrected chi connectivity index (χ2v) is 7.98. The summed E-state index contributed by atoms with van der Waals surface area (Å²) in [7, 11) is 0. The van der Waals surface area contributed by atoms with E-state index in [-0.39, 0.29) is 24.4 Å². The Labute approximate surface area is 182 Å². The van der Waals surface area contributed by atoms with Crippen molar-refractivity contribution < 1.29 is 37.7 Å². The number of cyclic esters (lactones) is 1. The summed E-state index contributed by atoms with van der Waals surface area (Å²) in [5, 5.41) is 12.4. The Morgan fingerprint density at radius 1 is 1.22 bits per heavy atom. The number of ether oxygens (including phenoxy) is 3. The molecule has 0 saturated carbocycles. The van der Waals surface area contributed by atoms with Gasteiger partial charge < -0.3 is 28.2 Å². The first-order valence-electron chi connectivity index (χ1n) is 10.00. The molecule has 32 heavy (non-hydrogen) atoms. The number of esters is 2. The molecule has 3 aromatic rings. The highest BCUT2D eigenvalue weighted by molar-refractivity contribution is 5.99. The van der Waals surface area contributed by atoms with Crippen molar-refractivity contribution in [2.45, 2.75) is 45.0 Å². The number of rotatable bonds is 7. The van der Waals surface area contributed by atoms with Crippen molar-refractivity contribution in [1.29, 1.82) is 0 Å². The molecule has 9 heteroatoms. The summed E-state index contributed by atoms with van der Waals surface area (Å²) in [5.74, 6) is -0.935. The fraction of sp³-hybridized carbons (Fsp3) is 0.348. The molecule has 0 amide bonds. The lowest BCUT2D eigenvalue weighted by Crippen LogP contribution is -2.47. The molecule has 1 aromatic carbocycles. The molecule has 1 aliphatic rings. The standard InChI is InChI=1S/C23H22O9/c1-12-8-16(31-22(12)26)10-23(3,27)17(30-13(2)24)11-29-21-19-15(6-7-28-19)9-14-4-5-18(25)32-20(14)21/h4-9,16-17,27H,10-11H2,1-3H3. The highest BCUT2D eigenvalue weighted by Crippen LogP contribution is 2.36. The van der Waals surface area contributed by atoms with Crippen LogP contribution in [-0.2, 0) is 19.1 Å². The van der Waals surface area contributed by atoms with Gasteiger partial charge in [0.2, 0.25) is 5.75 Å². The van der Waals surface area contributed by atoms with Gasteiger partial charge in [-0.1, -0.05) is 0 Å². The van der Waals surface area contributed by atoms with Crippen LogP contribution in [0, 0.1) is 0 Å². The molecule has 3 unspecified atom stereocenters. The minimum atomic E-state index is -1.61. The fourth-order valence-electron chi connectivity index (χ4n) is 3.69. The predicted octanol–water partition coefficient (Wildman–Crippen LogP) is 2.86. The Morgan fingerprint density at radius 3 is 2.66 bits per heavy atom. The molecule has 0 radical (unpaired) electrons. The van der Waals surface area contributed by atoms with Gasteiger partial charge in [-0.05, 0) is 38.1 Å². The van der Waals surface area contributed by atoms with Crippen molar-refractivity contribution in [1.82, 2.24) is 0 Å². The second-order valence-electron chi connectivity index (χ2n) is 7.98. The highest BCUT2D eigenvalue weighted by atomic mass is 16.6. The van der Waals surface area contributed by atoms with Gasteiger partial charge in [-0.3, -0.25) is 4.79 Å². The number of hydrogen-bond acceptors (Lipinski definition) is 9. The minimum absolute atomic E-state index is 0.0157. The minimum Gasteiger partial charge on any atom is -0.482 e. The van der Waals surface area contributed by atoms with Crippen molar-refractivity contribution >= 4 is 33.9 Å². The van der Waals surface area contributed by atoms with Gasteiger partial charge in [0, 0.05) is 35.8 Å². The van der Waals surface area contributed by atoms with Crippen LogP contribution in [-0.4, -0.2) is 41.5 Å². The van der Waals surface area contributed by atoms with Crippen LogP contribution in [0.25, 0.3) is 21.9 Å². The summed E-state index contributed by atoms with van der Waals surface area (Å²) < 4.78 is 27.3. The van der Waals surface area contributed by atoms with E-state index in [1.165, 1.54) is 26.2 Å². The van der Waals surface area contributed by atoms with Crippen LogP contribution in [0.1, 0.15) is 27.2 Å². The Hall–Kier alpha value is -3.59. The van der Waals surface area contributed by atoms with Gasteiger partial charge in [-0.15, -0.1) is 0 Å². The van der Waals surface area contributed by atoms with Gasteiger partial charge in [0.25, 0.3) is 0 Å².